The number of hydrogen-bond acceptors (Lipinski definition) is 3. The van der Waals surface area contributed by atoms with Crippen LogP contribution in [-0.2, 0) is 9.53 Å². The van der Waals surface area contributed by atoms with Crippen LogP contribution in [0.25, 0.3) is 0 Å². The van der Waals surface area contributed by atoms with Gasteiger partial charge in [-0.1, -0.05) is 13.3 Å². The van der Waals surface area contributed by atoms with Gasteiger partial charge in [0, 0.05) is 7.11 Å². The standard InChI is InChI=1S/C13H26N2O2/c1-5-10-6-7-14-11(8-10)12(16)15-13(2,3)9-17-4/h10-11,14H,5-9H2,1-4H3,(H,15,16). The molecule has 1 aliphatic heterocycles. The third-order valence-corrected chi connectivity index (χ3v) is 3.37. The molecule has 17 heavy (non-hydrogen) atoms. The number of piperidine rings is 1. The zero-order valence-electron chi connectivity index (χ0n) is 11.5. The predicted octanol–water partition coefficient (Wildman–Crippen LogP) is 1.31. The molecule has 4 heteroatoms. The van der Waals surface area contributed by atoms with Gasteiger partial charge in [-0.25, -0.2) is 0 Å². The van der Waals surface area contributed by atoms with Crippen molar-refractivity contribution in [2.24, 2.45) is 5.92 Å². The van der Waals surface area contributed by atoms with E-state index in [1.54, 1.807) is 7.11 Å². The maximum Gasteiger partial charge on any atom is 0.237 e. The Hall–Kier alpha value is -0.610. The van der Waals surface area contributed by atoms with E-state index in [2.05, 4.69) is 17.6 Å². The van der Waals surface area contributed by atoms with Gasteiger partial charge in [0.1, 0.15) is 0 Å². The Bertz CT molecular complexity index is 254. The summed E-state index contributed by atoms with van der Waals surface area (Å²) >= 11 is 0. The molecule has 4 nitrogen and oxygen atoms in total. The Balaban J connectivity index is 2.46. The van der Waals surface area contributed by atoms with E-state index in [9.17, 15) is 4.79 Å². The zero-order valence-corrected chi connectivity index (χ0v) is 11.5. The maximum atomic E-state index is 12.1. The average Bonchev–Trinajstić information content (AvgIpc) is 2.28. The molecular weight excluding hydrogens is 216 g/mol. The molecule has 0 spiro atoms. The van der Waals surface area contributed by atoms with Gasteiger partial charge >= 0.3 is 0 Å². The highest BCUT2D eigenvalue weighted by atomic mass is 16.5. The average molecular weight is 242 g/mol. The van der Waals surface area contributed by atoms with Crippen LogP contribution in [0.3, 0.4) is 0 Å². The smallest absolute Gasteiger partial charge is 0.237 e. The fourth-order valence-corrected chi connectivity index (χ4v) is 2.38. The number of methoxy groups -OCH3 is 1. The number of rotatable bonds is 5. The van der Waals surface area contributed by atoms with Crippen molar-refractivity contribution in [1.82, 2.24) is 10.6 Å². The number of carbonyl (C=O) groups is 1. The third kappa shape index (κ3) is 4.64. The molecule has 0 radical (unpaired) electrons. The van der Waals surface area contributed by atoms with Crippen molar-refractivity contribution >= 4 is 5.91 Å². The van der Waals surface area contributed by atoms with Crippen molar-refractivity contribution in [2.45, 2.75) is 51.6 Å². The number of hydrogen-bond donors (Lipinski definition) is 2. The SMILES string of the molecule is CCC1CCNC(C(=O)NC(C)(C)COC)C1. The summed E-state index contributed by atoms with van der Waals surface area (Å²) in [6.07, 6.45) is 3.29. The van der Waals surface area contributed by atoms with Crippen molar-refractivity contribution in [1.29, 1.82) is 0 Å². The molecule has 0 aromatic rings. The number of nitrogens with one attached hydrogen (secondary N) is 2. The monoisotopic (exact) mass is 242 g/mol. The Labute approximate surface area is 104 Å². The molecular formula is C13H26N2O2. The van der Waals surface area contributed by atoms with Crippen LogP contribution in [0.5, 0.6) is 0 Å². The molecule has 1 amide bonds. The first-order valence-corrected chi connectivity index (χ1v) is 6.53. The van der Waals surface area contributed by atoms with E-state index in [4.69, 9.17) is 4.74 Å². The minimum atomic E-state index is -0.299. The van der Waals surface area contributed by atoms with Gasteiger partial charge in [-0.2, -0.15) is 0 Å². The second-order valence-electron chi connectivity index (χ2n) is 5.61. The molecule has 1 saturated heterocycles. The van der Waals surface area contributed by atoms with Crippen LogP contribution in [0, 0.1) is 5.92 Å². The molecule has 0 bridgehead atoms. The topological polar surface area (TPSA) is 50.4 Å². The van der Waals surface area contributed by atoms with E-state index >= 15 is 0 Å². The quantitative estimate of drug-likeness (QED) is 0.764. The van der Waals surface area contributed by atoms with Crippen LogP contribution in [0.2, 0.25) is 0 Å². The summed E-state index contributed by atoms with van der Waals surface area (Å²) in [6, 6.07) is -0.0372. The van der Waals surface area contributed by atoms with Gasteiger partial charge in [0.2, 0.25) is 5.91 Å². The summed E-state index contributed by atoms with van der Waals surface area (Å²) in [5.74, 6) is 0.780. The molecule has 0 aromatic heterocycles. The molecule has 1 aliphatic rings. The Morgan fingerprint density at radius 3 is 2.82 bits per heavy atom. The zero-order chi connectivity index (χ0) is 12.9. The highest BCUT2D eigenvalue weighted by molar-refractivity contribution is 5.82. The molecule has 1 rings (SSSR count). The Kier molecular flexibility index (Phi) is 5.40. The van der Waals surface area contributed by atoms with Crippen molar-refractivity contribution in [3.63, 3.8) is 0 Å². The second-order valence-corrected chi connectivity index (χ2v) is 5.61. The van der Waals surface area contributed by atoms with Gasteiger partial charge in [-0.15, -0.1) is 0 Å². The molecule has 1 heterocycles. The van der Waals surface area contributed by atoms with Crippen LogP contribution in [0.15, 0.2) is 0 Å². The lowest BCUT2D eigenvalue weighted by atomic mass is 9.89. The number of ether oxygens (including phenoxy) is 1. The summed E-state index contributed by atoms with van der Waals surface area (Å²) in [6.45, 7) is 7.63. The van der Waals surface area contributed by atoms with Crippen LogP contribution in [0.4, 0.5) is 0 Å². The van der Waals surface area contributed by atoms with E-state index in [0.29, 0.717) is 12.5 Å². The lowest BCUT2D eigenvalue weighted by molar-refractivity contribution is -0.126. The summed E-state index contributed by atoms with van der Waals surface area (Å²) < 4.78 is 5.10. The third-order valence-electron chi connectivity index (χ3n) is 3.37. The minimum Gasteiger partial charge on any atom is -0.382 e. The van der Waals surface area contributed by atoms with Gasteiger partial charge in [0.05, 0.1) is 18.2 Å². The van der Waals surface area contributed by atoms with E-state index < -0.39 is 0 Å². The second kappa shape index (κ2) is 6.36. The predicted molar refractivity (Wildman–Crippen MR) is 68.9 cm³/mol. The van der Waals surface area contributed by atoms with E-state index in [-0.39, 0.29) is 17.5 Å². The van der Waals surface area contributed by atoms with Crippen LogP contribution in [-0.4, -0.2) is 37.7 Å². The number of amides is 1. The van der Waals surface area contributed by atoms with Crippen LogP contribution >= 0.6 is 0 Å². The molecule has 2 N–H and O–H groups in total. The molecule has 100 valence electrons. The first-order valence-electron chi connectivity index (χ1n) is 6.53. The first-order chi connectivity index (χ1) is 7.98. The van der Waals surface area contributed by atoms with Crippen molar-refractivity contribution < 1.29 is 9.53 Å². The lowest BCUT2D eigenvalue weighted by Crippen LogP contribution is -2.55. The van der Waals surface area contributed by atoms with E-state index in [1.165, 1.54) is 6.42 Å². The first kappa shape index (κ1) is 14.5. The highest BCUT2D eigenvalue weighted by Crippen LogP contribution is 2.19. The van der Waals surface area contributed by atoms with E-state index in [0.717, 1.165) is 19.4 Å². The van der Waals surface area contributed by atoms with Crippen LogP contribution < -0.4 is 10.6 Å². The molecule has 2 atom stereocenters. The summed E-state index contributed by atoms with van der Waals surface area (Å²) in [5, 5.41) is 6.34. The molecule has 0 aromatic carbocycles. The summed E-state index contributed by atoms with van der Waals surface area (Å²) in [7, 11) is 1.65. The van der Waals surface area contributed by atoms with Crippen LogP contribution in [0.1, 0.15) is 40.0 Å². The maximum absolute atomic E-state index is 12.1. The summed E-state index contributed by atoms with van der Waals surface area (Å²) in [5.41, 5.74) is -0.299. The fourth-order valence-electron chi connectivity index (χ4n) is 2.38. The van der Waals surface area contributed by atoms with Gasteiger partial charge in [-0.3, -0.25) is 4.79 Å². The molecule has 1 fully saturated rings. The molecule has 0 saturated carbocycles. The van der Waals surface area contributed by atoms with Crippen molar-refractivity contribution in [2.75, 3.05) is 20.3 Å². The fraction of sp³-hybridized carbons (Fsp3) is 0.923. The van der Waals surface area contributed by atoms with Gasteiger partial charge < -0.3 is 15.4 Å². The van der Waals surface area contributed by atoms with Gasteiger partial charge in [0.15, 0.2) is 0 Å². The highest BCUT2D eigenvalue weighted by Gasteiger charge is 2.29. The van der Waals surface area contributed by atoms with Crippen molar-refractivity contribution in [3.05, 3.63) is 0 Å². The molecule has 2 unspecified atom stereocenters. The van der Waals surface area contributed by atoms with Gasteiger partial charge in [0.25, 0.3) is 0 Å². The Morgan fingerprint density at radius 2 is 2.24 bits per heavy atom. The minimum absolute atomic E-state index is 0.0372. The Morgan fingerprint density at radius 1 is 1.53 bits per heavy atom. The largest absolute Gasteiger partial charge is 0.382 e. The van der Waals surface area contributed by atoms with Gasteiger partial charge in [-0.05, 0) is 39.2 Å². The van der Waals surface area contributed by atoms with E-state index in [1.807, 2.05) is 13.8 Å². The normalized spacial score (nSPS) is 25.6. The lowest BCUT2D eigenvalue weighted by Gasteiger charge is -2.32. The molecule has 0 aliphatic carbocycles. The van der Waals surface area contributed by atoms with Crippen molar-refractivity contribution in [3.8, 4) is 0 Å². The number of carbonyl (C=O) groups excluding carboxylic acids is 1. The summed E-state index contributed by atoms with van der Waals surface area (Å²) in [4.78, 5) is 12.1.